The molecular formula is C31H41N3O3S. The van der Waals surface area contributed by atoms with E-state index in [2.05, 4.69) is 37.1 Å². The van der Waals surface area contributed by atoms with Crippen LogP contribution in [0.25, 0.3) is 0 Å². The lowest BCUT2D eigenvalue weighted by molar-refractivity contribution is -0.118. The minimum atomic E-state index is -0.337. The third-order valence-corrected chi connectivity index (χ3v) is 9.68. The molecule has 1 aromatic carbocycles. The molecule has 38 heavy (non-hydrogen) atoms. The average Bonchev–Trinajstić information content (AvgIpc) is 3.14. The number of aromatic nitrogens is 1. The molecule has 5 atom stereocenters. The number of thioether (sulfide) groups is 1. The molecule has 7 heteroatoms. The summed E-state index contributed by atoms with van der Waals surface area (Å²) in [5.74, 6) is 1.53. The summed E-state index contributed by atoms with van der Waals surface area (Å²) in [7, 11) is 0. The van der Waals surface area contributed by atoms with Gasteiger partial charge in [0.1, 0.15) is 5.75 Å². The van der Waals surface area contributed by atoms with Gasteiger partial charge in [-0.25, -0.2) is 0 Å². The molecule has 4 bridgehead atoms. The van der Waals surface area contributed by atoms with Crippen molar-refractivity contribution in [3.63, 3.8) is 0 Å². The van der Waals surface area contributed by atoms with Crippen molar-refractivity contribution in [2.75, 3.05) is 6.61 Å². The summed E-state index contributed by atoms with van der Waals surface area (Å²) in [6.45, 7) is 7.61. The van der Waals surface area contributed by atoms with E-state index in [-0.39, 0.29) is 21.9 Å². The lowest BCUT2D eigenvalue weighted by Crippen LogP contribution is -2.62. The van der Waals surface area contributed by atoms with Crippen LogP contribution in [-0.2, 0) is 24.1 Å². The van der Waals surface area contributed by atoms with Crippen LogP contribution in [0.2, 0.25) is 0 Å². The number of rotatable bonds is 7. The summed E-state index contributed by atoms with van der Waals surface area (Å²) >= 11 is 1.05. The second-order valence-corrected chi connectivity index (χ2v) is 14.0. The fraction of sp³-hybridized carbons (Fsp3) is 0.581. The van der Waals surface area contributed by atoms with Crippen molar-refractivity contribution in [3.8, 4) is 5.75 Å². The first-order chi connectivity index (χ1) is 18.0. The molecule has 1 aromatic heterocycles. The van der Waals surface area contributed by atoms with E-state index < -0.39 is 0 Å². The number of amides is 2. The first kappa shape index (κ1) is 27.2. The molecule has 2 aromatic rings. The van der Waals surface area contributed by atoms with Crippen LogP contribution in [0.3, 0.4) is 0 Å². The maximum absolute atomic E-state index is 11.6. The Balaban J connectivity index is 0.000000187. The maximum Gasteiger partial charge on any atom is 0.286 e. The van der Waals surface area contributed by atoms with Gasteiger partial charge in [0.2, 0.25) is 5.91 Å². The number of ether oxygens (including phenoxy) is 1. The second kappa shape index (κ2) is 10.6. The summed E-state index contributed by atoms with van der Waals surface area (Å²) in [5.41, 5.74) is 11.2. The van der Waals surface area contributed by atoms with E-state index in [1.165, 1.54) is 44.1 Å². The quantitative estimate of drug-likeness (QED) is 0.462. The first-order valence-corrected chi connectivity index (χ1v) is 14.9. The summed E-state index contributed by atoms with van der Waals surface area (Å²) in [6.07, 6.45) is 12.5. The molecule has 204 valence electrons. The molecule has 5 fully saturated rings. The molecule has 2 heterocycles. The van der Waals surface area contributed by atoms with Crippen LogP contribution < -0.4 is 15.8 Å². The van der Waals surface area contributed by atoms with E-state index in [1.807, 2.05) is 36.5 Å². The van der Waals surface area contributed by atoms with Crippen molar-refractivity contribution in [1.82, 2.24) is 10.3 Å². The molecule has 5 aliphatic rings. The predicted molar refractivity (Wildman–Crippen MR) is 152 cm³/mol. The lowest BCUT2D eigenvalue weighted by Gasteiger charge is -2.64. The SMILES string of the molecule is CCc1ccc(CCOc2ccc(CC3SC(=O)NC3=O)cc2)nc1.C[C@]12CC3CC(N)(C1)C[C@@](C)(C3)C2. The van der Waals surface area contributed by atoms with E-state index in [9.17, 15) is 9.59 Å². The Hall–Kier alpha value is -2.38. The van der Waals surface area contributed by atoms with Gasteiger partial charge in [0.25, 0.3) is 5.24 Å². The summed E-state index contributed by atoms with van der Waals surface area (Å²) in [4.78, 5) is 27.2. The standard InChI is InChI=1S/C19H20N2O3S.C12H21N/c1-2-13-3-6-15(20-12-13)9-10-24-16-7-4-14(5-8-16)11-17-18(22)21-19(23)25-17;1-10-3-9-4-11(2,6-10)8-12(13,5-9)7-10/h3-8,12,17H,2,9-11H2,1H3,(H,21,22,23);9H,3-8,13H2,1-2H3/t;9?,10-,11+,12?. The summed E-state index contributed by atoms with van der Waals surface area (Å²) in [5, 5.41) is 1.70. The predicted octanol–water partition coefficient (Wildman–Crippen LogP) is 5.85. The van der Waals surface area contributed by atoms with Gasteiger partial charge in [-0.1, -0.05) is 50.7 Å². The number of carbonyl (C=O) groups excluding carboxylic acids is 2. The topological polar surface area (TPSA) is 94.3 Å². The van der Waals surface area contributed by atoms with Gasteiger partial charge in [0.05, 0.1) is 11.9 Å². The second-order valence-electron chi connectivity index (χ2n) is 12.8. The number of pyridine rings is 1. The molecule has 4 aliphatic carbocycles. The Labute approximate surface area is 230 Å². The average molecular weight is 536 g/mol. The van der Waals surface area contributed by atoms with E-state index >= 15 is 0 Å². The van der Waals surface area contributed by atoms with E-state index in [0.717, 1.165) is 47.5 Å². The molecule has 4 saturated carbocycles. The number of hydrogen-bond acceptors (Lipinski definition) is 6. The van der Waals surface area contributed by atoms with Crippen molar-refractivity contribution >= 4 is 22.9 Å². The minimum absolute atomic E-state index is 0.211. The van der Waals surface area contributed by atoms with Crippen LogP contribution in [0.5, 0.6) is 5.75 Å². The highest BCUT2D eigenvalue weighted by molar-refractivity contribution is 8.15. The molecule has 1 aliphatic heterocycles. The minimum Gasteiger partial charge on any atom is -0.493 e. The third kappa shape index (κ3) is 6.42. The Bertz CT molecular complexity index is 1120. The highest BCUT2D eigenvalue weighted by Gasteiger charge is 2.58. The molecular weight excluding hydrogens is 494 g/mol. The van der Waals surface area contributed by atoms with Crippen molar-refractivity contribution in [1.29, 1.82) is 0 Å². The highest BCUT2D eigenvalue weighted by Crippen LogP contribution is 2.65. The number of nitrogens with two attached hydrogens (primary N) is 1. The zero-order chi connectivity index (χ0) is 27.0. The number of nitrogens with zero attached hydrogens (tertiary/aromatic N) is 1. The van der Waals surface area contributed by atoms with Gasteiger partial charge in [0, 0.05) is 23.9 Å². The molecule has 7 rings (SSSR count). The summed E-state index contributed by atoms with van der Waals surface area (Å²) in [6, 6.07) is 11.8. The number of benzene rings is 1. The molecule has 6 nitrogen and oxygen atoms in total. The molecule has 0 radical (unpaired) electrons. The smallest absolute Gasteiger partial charge is 0.286 e. The number of carbonyl (C=O) groups is 2. The fourth-order valence-electron chi connectivity index (χ4n) is 8.09. The normalized spacial score (nSPS) is 33.1. The first-order valence-electron chi connectivity index (χ1n) is 14.0. The van der Waals surface area contributed by atoms with Crippen LogP contribution >= 0.6 is 11.8 Å². The van der Waals surface area contributed by atoms with Crippen molar-refractivity contribution < 1.29 is 14.3 Å². The molecule has 0 spiro atoms. The van der Waals surface area contributed by atoms with Crippen molar-refractivity contribution in [2.24, 2.45) is 22.5 Å². The largest absolute Gasteiger partial charge is 0.493 e. The van der Waals surface area contributed by atoms with Crippen LogP contribution in [0.1, 0.15) is 76.1 Å². The number of hydrogen-bond donors (Lipinski definition) is 2. The molecule has 3 N–H and O–H groups in total. The van der Waals surface area contributed by atoms with Crippen LogP contribution in [0.15, 0.2) is 42.6 Å². The Morgan fingerprint density at radius 2 is 1.68 bits per heavy atom. The molecule has 1 saturated heterocycles. The molecule has 2 amide bonds. The van der Waals surface area contributed by atoms with Gasteiger partial charge in [-0.05, 0) is 97.4 Å². The van der Waals surface area contributed by atoms with Crippen molar-refractivity contribution in [2.45, 2.75) is 89.3 Å². The Kier molecular flexibility index (Phi) is 7.62. The van der Waals surface area contributed by atoms with Gasteiger partial charge in [-0.15, -0.1) is 0 Å². The Morgan fingerprint density at radius 1 is 1.00 bits per heavy atom. The Morgan fingerprint density at radius 3 is 2.21 bits per heavy atom. The summed E-state index contributed by atoms with van der Waals surface area (Å²) < 4.78 is 5.75. The van der Waals surface area contributed by atoms with E-state index in [4.69, 9.17) is 10.5 Å². The fourth-order valence-corrected chi connectivity index (χ4v) is 8.94. The van der Waals surface area contributed by atoms with Gasteiger partial charge >= 0.3 is 0 Å². The lowest BCUT2D eigenvalue weighted by atomic mass is 9.43. The number of imide groups is 1. The van der Waals surface area contributed by atoms with Crippen LogP contribution in [-0.4, -0.2) is 33.5 Å². The van der Waals surface area contributed by atoms with Crippen molar-refractivity contribution in [3.05, 3.63) is 59.4 Å². The zero-order valence-electron chi connectivity index (χ0n) is 22.9. The number of aryl methyl sites for hydroxylation is 1. The number of nitrogens with one attached hydrogen (secondary N) is 1. The van der Waals surface area contributed by atoms with Gasteiger partial charge in [-0.2, -0.15) is 0 Å². The van der Waals surface area contributed by atoms with Gasteiger partial charge in [-0.3, -0.25) is 19.9 Å². The zero-order valence-corrected chi connectivity index (χ0v) is 23.7. The van der Waals surface area contributed by atoms with Crippen LogP contribution in [0, 0.1) is 16.7 Å². The van der Waals surface area contributed by atoms with Gasteiger partial charge < -0.3 is 10.5 Å². The maximum atomic E-state index is 11.6. The highest BCUT2D eigenvalue weighted by atomic mass is 32.2. The molecule has 3 unspecified atom stereocenters. The van der Waals surface area contributed by atoms with E-state index in [0.29, 0.717) is 23.9 Å². The van der Waals surface area contributed by atoms with E-state index in [1.54, 1.807) is 0 Å². The van der Waals surface area contributed by atoms with Crippen LogP contribution in [0.4, 0.5) is 4.79 Å². The third-order valence-electron chi connectivity index (χ3n) is 8.70. The monoisotopic (exact) mass is 535 g/mol. The van der Waals surface area contributed by atoms with Gasteiger partial charge in [0.15, 0.2) is 0 Å².